The second-order valence-corrected chi connectivity index (χ2v) is 4.19. The summed E-state index contributed by atoms with van der Waals surface area (Å²) < 4.78 is 21.3. The van der Waals surface area contributed by atoms with E-state index < -0.39 is 9.84 Å². The quantitative estimate of drug-likeness (QED) is 0.609. The highest BCUT2D eigenvalue weighted by Crippen LogP contribution is 1.91. The normalized spacial score (nSPS) is 11.2. The van der Waals surface area contributed by atoms with E-state index in [1.807, 2.05) is 0 Å². The maximum absolute atomic E-state index is 10.7. The highest BCUT2D eigenvalue weighted by atomic mass is 32.2. The Morgan fingerprint density at radius 3 is 2.22 bits per heavy atom. The van der Waals surface area contributed by atoms with Crippen LogP contribution in [0.15, 0.2) is 12.3 Å². The van der Waals surface area contributed by atoms with E-state index in [0.29, 0.717) is 0 Å². The van der Waals surface area contributed by atoms with Gasteiger partial charge in [-0.25, -0.2) is 8.42 Å². The lowest BCUT2D eigenvalue weighted by Crippen LogP contribution is -2.14. The molecule has 0 spiro atoms. The molecule has 0 unspecified atom stereocenters. The van der Waals surface area contributed by atoms with Crippen molar-refractivity contribution < 1.29 is 8.42 Å². The Balaban J connectivity index is 4.06. The Bertz CT molecular complexity index is 193. The third kappa shape index (κ3) is 4.02. The first kappa shape index (κ1) is 8.49. The van der Waals surface area contributed by atoms with Crippen LogP contribution in [0.1, 0.15) is 6.92 Å². The first-order valence-corrected chi connectivity index (χ1v) is 4.43. The zero-order valence-corrected chi connectivity index (χ0v) is 6.24. The molecule has 0 radical (unpaired) electrons. The van der Waals surface area contributed by atoms with E-state index in [1.165, 1.54) is 0 Å². The lowest BCUT2D eigenvalue weighted by Gasteiger charge is -1.97. The largest absolute Gasteiger partial charge is 0.402 e. The summed E-state index contributed by atoms with van der Waals surface area (Å²) in [5, 5.41) is 0. The summed E-state index contributed by atoms with van der Waals surface area (Å²) in [4.78, 5) is 0. The third-order valence-electron chi connectivity index (χ3n) is 0.845. The average Bonchev–Trinajstić information content (AvgIpc) is 1.63. The summed E-state index contributed by atoms with van der Waals surface area (Å²) in [6, 6.07) is 0. The molecule has 2 N–H and O–H groups in total. The van der Waals surface area contributed by atoms with Crippen molar-refractivity contribution in [1.82, 2.24) is 0 Å². The number of sulfone groups is 1. The minimum Gasteiger partial charge on any atom is -0.402 e. The molecule has 0 amide bonds. The number of rotatable bonds is 3. The highest BCUT2D eigenvalue weighted by molar-refractivity contribution is 7.91. The van der Waals surface area contributed by atoms with Crippen molar-refractivity contribution in [2.24, 2.45) is 5.73 Å². The SMILES string of the molecule is C=C(N)CS(=O)(=O)CC. The first-order chi connectivity index (χ1) is 3.98. The van der Waals surface area contributed by atoms with Crippen LogP contribution in [-0.4, -0.2) is 19.9 Å². The third-order valence-corrected chi connectivity index (χ3v) is 2.54. The zero-order chi connectivity index (χ0) is 7.49. The molecule has 0 heterocycles. The second kappa shape index (κ2) is 2.87. The zero-order valence-electron chi connectivity index (χ0n) is 5.42. The molecule has 0 atom stereocenters. The summed E-state index contributed by atoms with van der Waals surface area (Å²) >= 11 is 0. The van der Waals surface area contributed by atoms with Gasteiger partial charge in [0.1, 0.15) is 0 Å². The first-order valence-electron chi connectivity index (χ1n) is 2.61. The molecule has 0 saturated heterocycles. The molecule has 0 aromatic rings. The Kier molecular flexibility index (Phi) is 2.70. The van der Waals surface area contributed by atoms with E-state index in [9.17, 15) is 8.42 Å². The van der Waals surface area contributed by atoms with Crippen LogP contribution in [0.5, 0.6) is 0 Å². The van der Waals surface area contributed by atoms with Gasteiger partial charge in [-0.05, 0) is 0 Å². The van der Waals surface area contributed by atoms with E-state index >= 15 is 0 Å². The van der Waals surface area contributed by atoms with Crippen molar-refractivity contribution in [3.63, 3.8) is 0 Å². The molecule has 0 saturated carbocycles. The minimum atomic E-state index is -2.94. The van der Waals surface area contributed by atoms with E-state index in [1.54, 1.807) is 6.92 Å². The van der Waals surface area contributed by atoms with Gasteiger partial charge in [0.2, 0.25) is 0 Å². The summed E-state index contributed by atoms with van der Waals surface area (Å²) in [7, 11) is -2.94. The van der Waals surface area contributed by atoms with E-state index in [0.717, 1.165) is 0 Å². The molecule has 0 rings (SSSR count). The van der Waals surface area contributed by atoms with Gasteiger partial charge in [-0.15, -0.1) is 0 Å². The molecule has 0 aliphatic heterocycles. The molecule has 0 aliphatic carbocycles. The monoisotopic (exact) mass is 149 g/mol. The molecule has 0 fully saturated rings. The molecular formula is C5H11NO2S. The van der Waals surface area contributed by atoms with Gasteiger partial charge >= 0.3 is 0 Å². The predicted molar refractivity (Wildman–Crippen MR) is 37.7 cm³/mol. The summed E-state index contributed by atoms with van der Waals surface area (Å²) in [6.45, 7) is 4.87. The second-order valence-electron chi connectivity index (χ2n) is 1.83. The molecule has 54 valence electrons. The van der Waals surface area contributed by atoms with Crippen molar-refractivity contribution in [2.45, 2.75) is 6.92 Å². The number of hydrogen-bond donors (Lipinski definition) is 1. The van der Waals surface area contributed by atoms with Crippen LogP contribution in [-0.2, 0) is 9.84 Å². The summed E-state index contributed by atoms with van der Waals surface area (Å²) in [6.07, 6.45) is 0. The Morgan fingerprint density at radius 1 is 1.67 bits per heavy atom. The smallest absolute Gasteiger partial charge is 0.155 e. The molecule has 4 heteroatoms. The lowest BCUT2D eigenvalue weighted by atomic mass is 10.6. The Hall–Kier alpha value is -0.510. The standard InChI is InChI=1S/C5H11NO2S/c1-3-9(7,8)4-5(2)6/h2-4,6H2,1H3. The minimum absolute atomic E-state index is 0.0938. The topological polar surface area (TPSA) is 60.2 Å². The molecule has 0 aromatic carbocycles. The Labute approximate surface area is 55.5 Å². The average molecular weight is 149 g/mol. The van der Waals surface area contributed by atoms with Crippen molar-refractivity contribution in [1.29, 1.82) is 0 Å². The van der Waals surface area contributed by atoms with Gasteiger partial charge in [0.05, 0.1) is 5.75 Å². The summed E-state index contributed by atoms with van der Waals surface area (Å²) in [5.74, 6) is 0.0344. The summed E-state index contributed by atoms with van der Waals surface area (Å²) in [5.41, 5.74) is 5.29. The fourth-order valence-electron chi connectivity index (χ4n) is 0.385. The molecule has 0 aliphatic rings. The van der Waals surface area contributed by atoms with E-state index in [-0.39, 0.29) is 17.2 Å². The van der Waals surface area contributed by atoms with Crippen LogP contribution < -0.4 is 5.73 Å². The van der Waals surface area contributed by atoms with Crippen LogP contribution in [0.4, 0.5) is 0 Å². The fourth-order valence-corrected chi connectivity index (χ4v) is 1.15. The van der Waals surface area contributed by atoms with Crippen LogP contribution in [0, 0.1) is 0 Å². The van der Waals surface area contributed by atoms with Crippen molar-refractivity contribution >= 4 is 9.84 Å². The van der Waals surface area contributed by atoms with Crippen LogP contribution >= 0.6 is 0 Å². The molecule has 0 bridgehead atoms. The molecule has 3 nitrogen and oxygen atoms in total. The predicted octanol–water partition coefficient (Wildman–Crippen LogP) is -0.106. The number of hydrogen-bond acceptors (Lipinski definition) is 3. The van der Waals surface area contributed by atoms with E-state index in [2.05, 4.69) is 6.58 Å². The van der Waals surface area contributed by atoms with Gasteiger partial charge in [-0.3, -0.25) is 0 Å². The van der Waals surface area contributed by atoms with Gasteiger partial charge in [0.25, 0.3) is 0 Å². The van der Waals surface area contributed by atoms with Gasteiger partial charge in [-0.2, -0.15) is 0 Å². The Morgan fingerprint density at radius 2 is 2.11 bits per heavy atom. The van der Waals surface area contributed by atoms with Crippen LogP contribution in [0.3, 0.4) is 0 Å². The maximum atomic E-state index is 10.7. The molecular weight excluding hydrogens is 138 g/mol. The molecule has 9 heavy (non-hydrogen) atoms. The molecule has 0 aromatic heterocycles. The van der Waals surface area contributed by atoms with Gasteiger partial charge in [0, 0.05) is 11.4 Å². The van der Waals surface area contributed by atoms with E-state index in [4.69, 9.17) is 5.73 Å². The maximum Gasteiger partial charge on any atom is 0.155 e. The van der Waals surface area contributed by atoms with Crippen molar-refractivity contribution in [2.75, 3.05) is 11.5 Å². The van der Waals surface area contributed by atoms with Gasteiger partial charge in [0.15, 0.2) is 9.84 Å². The van der Waals surface area contributed by atoms with Gasteiger partial charge < -0.3 is 5.73 Å². The lowest BCUT2D eigenvalue weighted by molar-refractivity contribution is 0.599. The van der Waals surface area contributed by atoms with Crippen molar-refractivity contribution in [3.8, 4) is 0 Å². The van der Waals surface area contributed by atoms with Crippen LogP contribution in [0.2, 0.25) is 0 Å². The fraction of sp³-hybridized carbons (Fsp3) is 0.600. The van der Waals surface area contributed by atoms with Crippen molar-refractivity contribution in [3.05, 3.63) is 12.3 Å². The highest BCUT2D eigenvalue weighted by Gasteiger charge is 2.06. The van der Waals surface area contributed by atoms with Crippen LogP contribution in [0.25, 0.3) is 0 Å². The van der Waals surface area contributed by atoms with Gasteiger partial charge in [-0.1, -0.05) is 13.5 Å². The number of nitrogens with two attached hydrogens (primary N) is 1.